The quantitative estimate of drug-likeness (QED) is 0.880. The second-order valence-corrected chi connectivity index (χ2v) is 4.85. The van der Waals surface area contributed by atoms with Gasteiger partial charge in [-0.05, 0) is 18.9 Å². The lowest BCUT2D eigenvalue weighted by atomic mass is 10.1. The molecule has 0 aliphatic heterocycles. The van der Waals surface area contributed by atoms with E-state index in [-0.39, 0.29) is 5.91 Å². The van der Waals surface area contributed by atoms with Crippen LogP contribution in [-0.4, -0.2) is 28.9 Å². The van der Waals surface area contributed by atoms with Crippen LogP contribution in [0.2, 0.25) is 5.02 Å². The van der Waals surface area contributed by atoms with E-state index < -0.39 is 0 Å². The Bertz CT molecular complexity index is 430. The highest BCUT2D eigenvalue weighted by Crippen LogP contribution is 2.25. The third kappa shape index (κ3) is 2.52. The molecule has 5 heteroatoms. The molecule has 1 heterocycles. The average molecular weight is 254 g/mol. The highest BCUT2D eigenvalue weighted by Gasteiger charge is 2.25. The molecule has 0 saturated heterocycles. The summed E-state index contributed by atoms with van der Waals surface area (Å²) in [5.74, 6) is 0.244. The predicted octanol–water partition coefficient (Wildman–Crippen LogP) is 2.33. The highest BCUT2D eigenvalue weighted by molar-refractivity contribution is 6.33. The minimum Gasteiger partial charge on any atom is -0.384 e. The molecule has 0 spiro atoms. The molecule has 1 amide bonds. The number of hydrogen-bond acceptors (Lipinski definition) is 3. The van der Waals surface area contributed by atoms with Crippen LogP contribution in [0.3, 0.4) is 0 Å². The van der Waals surface area contributed by atoms with Crippen molar-refractivity contribution < 1.29 is 4.79 Å². The number of halogens is 1. The molecule has 2 N–H and O–H groups in total. The summed E-state index contributed by atoms with van der Waals surface area (Å²) in [7, 11) is 1.82. The van der Waals surface area contributed by atoms with Crippen LogP contribution in [0.15, 0.2) is 12.3 Å². The summed E-state index contributed by atoms with van der Waals surface area (Å²) < 4.78 is 0. The Morgan fingerprint density at radius 2 is 2.18 bits per heavy atom. The summed E-state index contributed by atoms with van der Waals surface area (Å²) in [5.41, 5.74) is 6.02. The topological polar surface area (TPSA) is 59.2 Å². The van der Waals surface area contributed by atoms with Crippen molar-refractivity contribution in [2.75, 3.05) is 12.8 Å². The van der Waals surface area contributed by atoms with E-state index in [1.807, 2.05) is 7.05 Å². The minimum atomic E-state index is -0.0731. The molecule has 0 aromatic carbocycles. The summed E-state index contributed by atoms with van der Waals surface area (Å²) in [6, 6.07) is 1.86. The van der Waals surface area contributed by atoms with Crippen molar-refractivity contribution in [3.8, 4) is 0 Å². The van der Waals surface area contributed by atoms with Gasteiger partial charge in [0.15, 0.2) is 0 Å². The van der Waals surface area contributed by atoms with Gasteiger partial charge in [0.25, 0.3) is 5.91 Å². The number of aromatic nitrogens is 1. The van der Waals surface area contributed by atoms with Crippen LogP contribution < -0.4 is 5.73 Å². The SMILES string of the molecule is CN(C(=O)c1cc(N)ncc1Cl)C1CCCC1. The van der Waals surface area contributed by atoms with Gasteiger partial charge in [0, 0.05) is 19.3 Å². The number of nitrogen functional groups attached to an aromatic ring is 1. The maximum absolute atomic E-state index is 12.3. The smallest absolute Gasteiger partial charge is 0.255 e. The van der Waals surface area contributed by atoms with Crippen LogP contribution in [0.5, 0.6) is 0 Å². The number of nitrogens with two attached hydrogens (primary N) is 1. The molecule has 1 aromatic rings. The first-order valence-corrected chi connectivity index (χ1v) is 6.15. The molecule has 1 aliphatic carbocycles. The Kier molecular flexibility index (Phi) is 3.52. The van der Waals surface area contributed by atoms with E-state index in [1.165, 1.54) is 25.1 Å². The lowest BCUT2D eigenvalue weighted by Gasteiger charge is -2.24. The van der Waals surface area contributed by atoms with Crippen molar-refractivity contribution >= 4 is 23.3 Å². The van der Waals surface area contributed by atoms with Gasteiger partial charge in [0.05, 0.1) is 10.6 Å². The molecule has 0 unspecified atom stereocenters. The van der Waals surface area contributed by atoms with Gasteiger partial charge in [0.1, 0.15) is 5.82 Å². The molecular formula is C12H16ClN3O. The van der Waals surface area contributed by atoms with Gasteiger partial charge in [-0.25, -0.2) is 4.98 Å². The zero-order valence-electron chi connectivity index (χ0n) is 9.82. The molecular weight excluding hydrogens is 238 g/mol. The van der Waals surface area contributed by atoms with Gasteiger partial charge < -0.3 is 10.6 Å². The molecule has 1 aromatic heterocycles. The van der Waals surface area contributed by atoms with E-state index in [9.17, 15) is 4.79 Å². The van der Waals surface area contributed by atoms with Crippen molar-refractivity contribution in [2.24, 2.45) is 0 Å². The summed E-state index contributed by atoms with van der Waals surface area (Å²) >= 11 is 5.98. The van der Waals surface area contributed by atoms with Crippen molar-refractivity contribution in [3.63, 3.8) is 0 Å². The molecule has 0 radical (unpaired) electrons. The molecule has 2 rings (SSSR count). The number of rotatable bonds is 2. The van der Waals surface area contributed by atoms with E-state index in [2.05, 4.69) is 4.98 Å². The fourth-order valence-corrected chi connectivity index (χ4v) is 2.45. The predicted molar refractivity (Wildman–Crippen MR) is 68.0 cm³/mol. The second-order valence-electron chi connectivity index (χ2n) is 4.44. The van der Waals surface area contributed by atoms with Crippen molar-refractivity contribution in [1.82, 2.24) is 9.88 Å². The summed E-state index contributed by atoms with van der Waals surface area (Å²) in [4.78, 5) is 17.9. The van der Waals surface area contributed by atoms with Crippen LogP contribution in [0.1, 0.15) is 36.0 Å². The first-order chi connectivity index (χ1) is 8.09. The fourth-order valence-electron chi connectivity index (χ4n) is 2.27. The number of pyridine rings is 1. The van der Waals surface area contributed by atoms with Crippen molar-refractivity contribution in [2.45, 2.75) is 31.7 Å². The van der Waals surface area contributed by atoms with Crippen LogP contribution in [-0.2, 0) is 0 Å². The largest absolute Gasteiger partial charge is 0.384 e. The number of carbonyl (C=O) groups is 1. The van der Waals surface area contributed by atoms with E-state index in [0.29, 0.717) is 22.4 Å². The second kappa shape index (κ2) is 4.92. The van der Waals surface area contributed by atoms with E-state index in [0.717, 1.165) is 12.8 Å². The fraction of sp³-hybridized carbons (Fsp3) is 0.500. The minimum absolute atomic E-state index is 0.0731. The van der Waals surface area contributed by atoms with Gasteiger partial charge in [-0.3, -0.25) is 4.79 Å². The van der Waals surface area contributed by atoms with Gasteiger partial charge in [0.2, 0.25) is 0 Å². The number of carbonyl (C=O) groups excluding carboxylic acids is 1. The first kappa shape index (κ1) is 12.2. The third-order valence-electron chi connectivity index (χ3n) is 3.30. The zero-order valence-corrected chi connectivity index (χ0v) is 10.6. The van der Waals surface area contributed by atoms with E-state index >= 15 is 0 Å². The Morgan fingerprint density at radius 3 is 2.82 bits per heavy atom. The summed E-state index contributed by atoms with van der Waals surface area (Å²) in [5, 5.41) is 0.356. The van der Waals surface area contributed by atoms with Gasteiger partial charge in [-0.15, -0.1) is 0 Å². The molecule has 1 fully saturated rings. The Labute approximate surface area is 106 Å². The zero-order chi connectivity index (χ0) is 12.4. The summed E-state index contributed by atoms with van der Waals surface area (Å²) in [6.45, 7) is 0. The average Bonchev–Trinajstić information content (AvgIpc) is 2.84. The number of hydrogen-bond donors (Lipinski definition) is 1. The Hall–Kier alpha value is -1.29. The van der Waals surface area contributed by atoms with Crippen LogP contribution in [0, 0.1) is 0 Å². The monoisotopic (exact) mass is 253 g/mol. The van der Waals surface area contributed by atoms with Crippen LogP contribution >= 0.6 is 11.6 Å². The van der Waals surface area contributed by atoms with E-state index in [1.54, 1.807) is 4.90 Å². The van der Waals surface area contributed by atoms with E-state index in [4.69, 9.17) is 17.3 Å². The molecule has 4 nitrogen and oxygen atoms in total. The lowest BCUT2D eigenvalue weighted by Crippen LogP contribution is -2.35. The van der Waals surface area contributed by atoms with Crippen LogP contribution in [0.25, 0.3) is 0 Å². The number of anilines is 1. The van der Waals surface area contributed by atoms with Gasteiger partial charge in [-0.2, -0.15) is 0 Å². The molecule has 0 bridgehead atoms. The molecule has 0 atom stereocenters. The van der Waals surface area contributed by atoms with Gasteiger partial charge >= 0.3 is 0 Å². The number of amides is 1. The Morgan fingerprint density at radius 1 is 1.53 bits per heavy atom. The maximum atomic E-state index is 12.3. The van der Waals surface area contributed by atoms with Crippen molar-refractivity contribution in [3.05, 3.63) is 22.8 Å². The Balaban J connectivity index is 2.20. The molecule has 1 saturated carbocycles. The first-order valence-electron chi connectivity index (χ1n) is 5.78. The summed E-state index contributed by atoms with van der Waals surface area (Å²) in [6.07, 6.45) is 5.94. The van der Waals surface area contributed by atoms with Crippen molar-refractivity contribution in [1.29, 1.82) is 0 Å². The lowest BCUT2D eigenvalue weighted by molar-refractivity contribution is 0.0735. The molecule has 17 heavy (non-hydrogen) atoms. The van der Waals surface area contributed by atoms with Gasteiger partial charge in [-0.1, -0.05) is 24.4 Å². The third-order valence-corrected chi connectivity index (χ3v) is 3.60. The normalized spacial score (nSPS) is 16.1. The molecule has 92 valence electrons. The standard InChI is InChI=1S/C12H16ClN3O/c1-16(8-4-2-3-5-8)12(17)9-6-11(14)15-7-10(9)13/h6-8H,2-5H2,1H3,(H2,14,15). The number of nitrogens with zero attached hydrogens (tertiary/aromatic N) is 2. The highest BCUT2D eigenvalue weighted by atomic mass is 35.5. The maximum Gasteiger partial charge on any atom is 0.255 e. The van der Waals surface area contributed by atoms with Crippen LogP contribution in [0.4, 0.5) is 5.82 Å². The molecule has 1 aliphatic rings.